The molecule has 1 N–H and O–H groups in total. The van der Waals surface area contributed by atoms with Crippen molar-refractivity contribution in [3.05, 3.63) is 29.3 Å². The molecule has 1 rings (SSSR count). The Balaban J connectivity index is 3.11. The van der Waals surface area contributed by atoms with Crippen LogP contribution < -0.4 is 4.74 Å². The molecule has 0 saturated carbocycles. The van der Waals surface area contributed by atoms with Crippen LogP contribution in [0, 0.1) is 11.8 Å². The zero-order chi connectivity index (χ0) is 22.4. The summed E-state index contributed by atoms with van der Waals surface area (Å²) in [5.41, 5.74) is -1.36. The van der Waals surface area contributed by atoms with Gasteiger partial charge in [-0.25, -0.2) is 4.79 Å². The lowest BCUT2D eigenvalue weighted by molar-refractivity contribution is -0.146. The maximum Gasteiger partial charge on any atom is 0.419 e. The highest BCUT2D eigenvalue weighted by atomic mass is 32.2. The maximum absolute atomic E-state index is 13.3. The van der Waals surface area contributed by atoms with Gasteiger partial charge in [0.1, 0.15) is 18.1 Å². The van der Waals surface area contributed by atoms with E-state index in [9.17, 15) is 26.4 Å². The minimum Gasteiger partial charge on any atom is -0.464 e. The minimum atomic E-state index is -4.73. The molecule has 0 radical (unpaired) electrons. The van der Waals surface area contributed by atoms with Gasteiger partial charge in [0, 0.05) is 5.92 Å². The Morgan fingerprint density at radius 2 is 1.79 bits per heavy atom. The van der Waals surface area contributed by atoms with E-state index in [2.05, 4.69) is 4.74 Å². The molecule has 0 heterocycles. The van der Waals surface area contributed by atoms with Crippen LogP contribution in [0.2, 0.25) is 0 Å². The highest BCUT2D eigenvalue weighted by molar-refractivity contribution is 7.85. The first-order valence-electron chi connectivity index (χ1n) is 8.82. The second-order valence-electron chi connectivity index (χ2n) is 7.09. The molecule has 0 aliphatic heterocycles. The second-order valence-corrected chi connectivity index (χ2v) is 8.66. The van der Waals surface area contributed by atoms with Crippen LogP contribution in [-0.4, -0.2) is 44.2 Å². The van der Waals surface area contributed by atoms with Crippen LogP contribution >= 0.6 is 0 Å². The summed E-state index contributed by atoms with van der Waals surface area (Å²) < 4.78 is 85.7. The molecule has 7 nitrogen and oxygen atoms in total. The topological polar surface area (TPSA) is 99.1 Å². The van der Waals surface area contributed by atoms with Crippen molar-refractivity contribution in [1.29, 1.82) is 0 Å². The average molecular weight is 442 g/mol. The smallest absolute Gasteiger partial charge is 0.419 e. The molecule has 0 fully saturated rings. The molecule has 0 aliphatic carbocycles. The van der Waals surface area contributed by atoms with Gasteiger partial charge in [-0.05, 0) is 24.1 Å². The molecule has 0 aromatic heterocycles. The van der Waals surface area contributed by atoms with Gasteiger partial charge in [-0.2, -0.15) is 21.6 Å². The molecule has 166 valence electrons. The zero-order valence-corrected chi connectivity index (χ0v) is 17.3. The van der Waals surface area contributed by atoms with E-state index < -0.39 is 52.2 Å². The summed E-state index contributed by atoms with van der Waals surface area (Å²) in [7, 11) is -4.34. The Bertz CT molecular complexity index is 789. The molecule has 0 saturated heterocycles. The standard InChI is InChI=1S/C18H25F3O7S/c1-11(2)10-27-17(12(3)4)28-15-9-13(5-6-14(15)18(19,20)21)16(22)26-7-8-29(23,24)25/h5-6,9,11-12,17H,7-8,10H2,1-4H3,(H,23,24,25). The summed E-state index contributed by atoms with van der Waals surface area (Å²) >= 11 is 0. The second kappa shape index (κ2) is 10.3. The van der Waals surface area contributed by atoms with Gasteiger partial charge in [-0.3, -0.25) is 4.55 Å². The number of benzene rings is 1. The monoisotopic (exact) mass is 442 g/mol. The van der Waals surface area contributed by atoms with Crippen molar-refractivity contribution in [2.45, 2.75) is 40.2 Å². The Hall–Kier alpha value is -1.85. The molecule has 0 aliphatic rings. The summed E-state index contributed by atoms with van der Waals surface area (Å²) in [4.78, 5) is 12.0. The van der Waals surface area contributed by atoms with Gasteiger partial charge in [0.05, 0.1) is 17.7 Å². The van der Waals surface area contributed by atoms with Crippen LogP contribution in [0.15, 0.2) is 18.2 Å². The van der Waals surface area contributed by atoms with Crippen molar-refractivity contribution in [3.8, 4) is 5.75 Å². The fourth-order valence-electron chi connectivity index (χ4n) is 2.08. The van der Waals surface area contributed by atoms with Crippen LogP contribution in [0.3, 0.4) is 0 Å². The zero-order valence-electron chi connectivity index (χ0n) is 16.5. The summed E-state index contributed by atoms with van der Waals surface area (Å²) in [6, 6.07) is 2.44. The quantitative estimate of drug-likeness (QED) is 0.334. The van der Waals surface area contributed by atoms with Crippen molar-refractivity contribution in [2.24, 2.45) is 11.8 Å². The molecule has 11 heteroatoms. The van der Waals surface area contributed by atoms with Gasteiger partial charge < -0.3 is 14.2 Å². The van der Waals surface area contributed by atoms with Crippen molar-refractivity contribution in [1.82, 2.24) is 0 Å². The van der Waals surface area contributed by atoms with E-state index >= 15 is 0 Å². The third-order valence-electron chi connectivity index (χ3n) is 3.48. The third kappa shape index (κ3) is 9.01. The fourth-order valence-corrected chi connectivity index (χ4v) is 2.37. The maximum atomic E-state index is 13.3. The highest BCUT2D eigenvalue weighted by Crippen LogP contribution is 2.38. The first kappa shape index (κ1) is 25.2. The molecule has 1 atom stereocenters. The number of carbonyl (C=O) groups excluding carboxylic acids is 1. The lowest BCUT2D eigenvalue weighted by Gasteiger charge is -2.25. The van der Waals surface area contributed by atoms with Crippen LogP contribution in [0.4, 0.5) is 13.2 Å². The molecular weight excluding hydrogens is 417 g/mol. The minimum absolute atomic E-state index is 0.131. The molecule has 0 bridgehead atoms. The van der Waals surface area contributed by atoms with Gasteiger partial charge in [0.2, 0.25) is 6.29 Å². The highest BCUT2D eigenvalue weighted by Gasteiger charge is 2.36. The lowest BCUT2D eigenvalue weighted by atomic mass is 10.1. The van der Waals surface area contributed by atoms with Crippen LogP contribution in [0.1, 0.15) is 43.6 Å². The number of esters is 1. The van der Waals surface area contributed by atoms with E-state index in [-0.39, 0.29) is 24.0 Å². The van der Waals surface area contributed by atoms with Gasteiger partial charge in [-0.1, -0.05) is 27.7 Å². The normalized spacial score (nSPS) is 13.6. The Morgan fingerprint density at radius 3 is 2.28 bits per heavy atom. The number of halogens is 3. The van der Waals surface area contributed by atoms with Gasteiger partial charge in [-0.15, -0.1) is 0 Å². The van der Waals surface area contributed by atoms with Gasteiger partial charge in [0.15, 0.2) is 0 Å². The SMILES string of the molecule is CC(C)COC(Oc1cc(C(=O)OCCS(=O)(=O)O)ccc1C(F)(F)F)C(C)C. The van der Waals surface area contributed by atoms with Gasteiger partial charge in [0.25, 0.3) is 10.1 Å². The molecule has 1 aromatic rings. The lowest BCUT2D eigenvalue weighted by Crippen LogP contribution is -2.29. The van der Waals surface area contributed by atoms with Crippen molar-refractivity contribution in [2.75, 3.05) is 19.0 Å². The van der Waals surface area contributed by atoms with E-state index in [0.29, 0.717) is 6.07 Å². The predicted octanol–water partition coefficient (Wildman–Crippen LogP) is 3.78. The van der Waals surface area contributed by atoms with Crippen molar-refractivity contribution >= 4 is 16.1 Å². The van der Waals surface area contributed by atoms with E-state index in [1.54, 1.807) is 13.8 Å². The number of alkyl halides is 3. The number of carbonyl (C=O) groups is 1. The average Bonchev–Trinajstić information content (AvgIpc) is 2.55. The summed E-state index contributed by atoms with van der Waals surface area (Å²) in [6.07, 6.45) is -5.72. The van der Waals surface area contributed by atoms with E-state index in [0.717, 1.165) is 12.1 Å². The van der Waals surface area contributed by atoms with E-state index in [1.165, 1.54) is 0 Å². The van der Waals surface area contributed by atoms with E-state index in [4.69, 9.17) is 14.0 Å². The Labute approximate surface area is 167 Å². The third-order valence-corrected chi connectivity index (χ3v) is 4.16. The largest absolute Gasteiger partial charge is 0.464 e. The fraction of sp³-hybridized carbons (Fsp3) is 0.611. The first-order valence-corrected chi connectivity index (χ1v) is 10.4. The first-order chi connectivity index (χ1) is 13.2. The summed E-state index contributed by atoms with van der Waals surface area (Å²) in [6.45, 7) is 6.80. The van der Waals surface area contributed by atoms with Crippen LogP contribution in [0.25, 0.3) is 0 Å². The molecule has 0 amide bonds. The van der Waals surface area contributed by atoms with Crippen LogP contribution in [-0.2, 0) is 25.8 Å². The molecular formula is C18H25F3O7S. The molecule has 29 heavy (non-hydrogen) atoms. The van der Waals surface area contributed by atoms with Crippen LogP contribution in [0.5, 0.6) is 5.75 Å². The number of rotatable bonds is 10. The Morgan fingerprint density at radius 1 is 1.17 bits per heavy atom. The number of hydrogen-bond donors (Lipinski definition) is 1. The van der Waals surface area contributed by atoms with Gasteiger partial charge >= 0.3 is 12.1 Å². The molecule has 0 spiro atoms. The Kier molecular flexibility index (Phi) is 8.91. The van der Waals surface area contributed by atoms with Crippen molar-refractivity contribution in [3.63, 3.8) is 0 Å². The molecule has 1 unspecified atom stereocenters. The summed E-state index contributed by atoms with van der Waals surface area (Å²) in [5, 5.41) is 0. The number of ether oxygens (including phenoxy) is 3. The summed E-state index contributed by atoms with van der Waals surface area (Å²) in [5.74, 6) is -2.65. The molecule has 1 aromatic carbocycles. The van der Waals surface area contributed by atoms with E-state index in [1.807, 2.05) is 13.8 Å². The number of hydrogen-bond acceptors (Lipinski definition) is 6. The predicted molar refractivity (Wildman–Crippen MR) is 98.2 cm³/mol. The van der Waals surface area contributed by atoms with Crippen molar-refractivity contribution < 1.29 is 45.1 Å².